The standard InChI is InChI=1S/C15H15Cl2P/c16-15(17)11-12-18(13-7-3-1-4-8-13)14-9-5-2-6-10-14/h1-10,15H,11-12H2. The fourth-order valence-electron chi connectivity index (χ4n) is 1.85. The van der Waals surface area contributed by atoms with Gasteiger partial charge in [0.05, 0.1) is 0 Å². The van der Waals surface area contributed by atoms with Crippen LogP contribution in [-0.4, -0.2) is 11.0 Å². The molecule has 0 N–H and O–H groups in total. The Bertz CT molecular complexity index is 417. The molecule has 0 unspecified atom stereocenters. The van der Waals surface area contributed by atoms with E-state index in [9.17, 15) is 0 Å². The Morgan fingerprint density at radius 3 is 1.61 bits per heavy atom. The molecular formula is C15H15Cl2P. The Balaban J connectivity index is 2.24. The lowest BCUT2D eigenvalue weighted by Gasteiger charge is -2.18. The monoisotopic (exact) mass is 296 g/mol. The average molecular weight is 297 g/mol. The maximum atomic E-state index is 5.87. The first-order chi connectivity index (χ1) is 8.77. The van der Waals surface area contributed by atoms with Crippen molar-refractivity contribution < 1.29 is 0 Å². The maximum Gasteiger partial charge on any atom is 0.108 e. The van der Waals surface area contributed by atoms with Crippen molar-refractivity contribution in [3.63, 3.8) is 0 Å². The summed E-state index contributed by atoms with van der Waals surface area (Å²) < 4.78 is 0. The van der Waals surface area contributed by atoms with Crippen LogP contribution >= 0.6 is 31.1 Å². The predicted molar refractivity (Wildman–Crippen MR) is 84.1 cm³/mol. The van der Waals surface area contributed by atoms with Crippen LogP contribution in [0.4, 0.5) is 0 Å². The first-order valence-electron chi connectivity index (χ1n) is 5.93. The van der Waals surface area contributed by atoms with Crippen LogP contribution in [0, 0.1) is 0 Å². The molecule has 0 fully saturated rings. The number of hydrogen-bond acceptors (Lipinski definition) is 0. The van der Waals surface area contributed by atoms with Gasteiger partial charge in [-0.1, -0.05) is 60.7 Å². The van der Waals surface area contributed by atoms with E-state index in [4.69, 9.17) is 23.2 Å². The minimum absolute atomic E-state index is 0.276. The third-order valence-electron chi connectivity index (χ3n) is 2.71. The Hall–Kier alpha value is -0.550. The second kappa shape index (κ2) is 7.14. The van der Waals surface area contributed by atoms with Gasteiger partial charge in [0.2, 0.25) is 0 Å². The molecule has 94 valence electrons. The molecule has 2 aromatic carbocycles. The Kier molecular flexibility index (Phi) is 5.50. The first kappa shape index (κ1) is 13.9. The van der Waals surface area contributed by atoms with E-state index in [2.05, 4.69) is 48.5 Å². The van der Waals surface area contributed by atoms with Crippen molar-refractivity contribution in [2.75, 3.05) is 6.16 Å². The van der Waals surface area contributed by atoms with Gasteiger partial charge in [-0.25, -0.2) is 0 Å². The number of halogens is 2. The topological polar surface area (TPSA) is 0 Å². The molecule has 0 aromatic heterocycles. The van der Waals surface area contributed by atoms with E-state index in [1.807, 2.05) is 12.1 Å². The molecular weight excluding hydrogens is 282 g/mol. The summed E-state index contributed by atoms with van der Waals surface area (Å²) in [6, 6.07) is 21.2. The predicted octanol–water partition coefficient (Wildman–Crippen LogP) is 4.31. The zero-order valence-electron chi connectivity index (χ0n) is 9.97. The van der Waals surface area contributed by atoms with Gasteiger partial charge in [-0.2, -0.15) is 0 Å². The third kappa shape index (κ3) is 3.99. The van der Waals surface area contributed by atoms with Crippen molar-refractivity contribution in [3.8, 4) is 0 Å². The minimum Gasteiger partial charge on any atom is -0.105 e. The molecule has 0 radical (unpaired) electrons. The van der Waals surface area contributed by atoms with Gasteiger partial charge in [-0.3, -0.25) is 0 Å². The summed E-state index contributed by atoms with van der Waals surface area (Å²) in [7, 11) is -0.352. The number of benzene rings is 2. The molecule has 0 amide bonds. The fraction of sp³-hybridized carbons (Fsp3) is 0.200. The van der Waals surface area contributed by atoms with Gasteiger partial charge in [0.25, 0.3) is 0 Å². The summed E-state index contributed by atoms with van der Waals surface area (Å²) in [5.41, 5.74) is 0. The molecule has 0 aliphatic rings. The average Bonchev–Trinajstić information content (AvgIpc) is 2.41. The summed E-state index contributed by atoms with van der Waals surface area (Å²) in [5.74, 6) is 0. The summed E-state index contributed by atoms with van der Waals surface area (Å²) in [6.45, 7) is 0. The molecule has 0 saturated heterocycles. The van der Waals surface area contributed by atoms with Gasteiger partial charge in [0, 0.05) is 0 Å². The van der Waals surface area contributed by atoms with Gasteiger partial charge in [-0.15, -0.1) is 23.2 Å². The molecule has 0 heterocycles. The summed E-state index contributed by atoms with van der Waals surface area (Å²) in [4.78, 5) is -0.276. The molecule has 0 spiro atoms. The highest BCUT2D eigenvalue weighted by atomic mass is 35.5. The van der Waals surface area contributed by atoms with E-state index in [1.165, 1.54) is 10.6 Å². The van der Waals surface area contributed by atoms with Crippen molar-refractivity contribution >= 4 is 41.7 Å². The molecule has 0 nitrogen and oxygen atoms in total. The summed E-state index contributed by atoms with van der Waals surface area (Å²) in [5, 5.41) is 2.76. The molecule has 0 aliphatic carbocycles. The van der Waals surface area contributed by atoms with E-state index in [0.717, 1.165) is 12.6 Å². The zero-order chi connectivity index (χ0) is 12.8. The van der Waals surface area contributed by atoms with E-state index < -0.39 is 0 Å². The lowest BCUT2D eigenvalue weighted by molar-refractivity contribution is 1.05. The van der Waals surface area contributed by atoms with E-state index >= 15 is 0 Å². The van der Waals surface area contributed by atoms with Gasteiger partial charge >= 0.3 is 0 Å². The Morgan fingerprint density at radius 2 is 1.22 bits per heavy atom. The molecule has 0 atom stereocenters. The van der Waals surface area contributed by atoms with Crippen molar-refractivity contribution in [2.45, 2.75) is 11.3 Å². The lowest BCUT2D eigenvalue weighted by Crippen LogP contribution is -2.14. The van der Waals surface area contributed by atoms with Gasteiger partial charge < -0.3 is 0 Å². The maximum absolute atomic E-state index is 5.87. The van der Waals surface area contributed by atoms with Crippen LogP contribution in [0.25, 0.3) is 0 Å². The molecule has 0 bridgehead atoms. The molecule has 2 aromatic rings. The van der Waals surface area contributed by atoms with Gasteiger partial charge in [0.15, 0.2) is 0 Å². The molecule has 3 heteroatoms. The van der Waals surface area contributed by atoms with Crippen LogP contribution in [0.15, 0.2) is 60.7 Å². The first-order valence-corrected chi connectivity index (χ1v) is 8.33. The van der Waals surface area contributed by atoms with Crippen LogP contribution in [0.1, 0.15) is 6.42 Å². The SMILES string of the molecule is ClC(Cl)CCP(c1ccccc1)c1ccccc1. The van der Waals surface area contributed by atoms with E-state index in [-0.39, 0.29) is 12.8 Å². The zero-order valence-corrected chi connectivity index (χ0v) is 12.4. The molecule has 18 heavy (non-hydrogen) atoms. The van der Waals surface area contributed by atoms with Gasteiger partial charge in [0.1, 0.15) is 4.84 Å². The van der Waals surface area contributed by atoms with Crippen LogP contribution < -0.4 is 10.6 Å². The summed E-state index contributed by atoms with van der Waals surface area (Å²) >= 11 is 11.7. The highest BCUT2D eigenvalue weighted by molar-refractivity contribution is 7.73. The number of rotatable bonds is 5. The minimum atomic E-state index is -0.352. The smallest absolute Gasteiger partial charge is 0.105 e. The largest absolute Gasteiger partial charge is 0.108 e. The second-order valence-electron chi connectivity index (χ2n) is 4.00. The Morgan fingerprint density at radius 1 is 0.778 bits per heavy atom. The van der Waals surface area contributed by atoms with Crippen molar-refractivity contribution in [3.05, 3.63) is 60.7 Å². The van der Waals surface area contributed by atoms with Crippen molar-refractivity contribution in [2.24, 2.45) is 0 Å². The number of alkyl halides is 2. The highest BCUT2D eigenvalue weighted by Gasteiger charge is 2.14. The molecule has 0 aliphatic heterocycles. The van der Waals surface area contributed by atoms with Crippen molar-refractivity contribution in [1.82, 2.24) is 0 Å². The van der Waals surface area contributed by atoms with Gasteiger partial charge in [-0.05, 0) is 31.1 Å². The third-order valence-corrected chi connectivity index (χ3v) is 5.69. The van der Waals surface area contributed by atoms with Crippen LogP contribution in [0.5, 0.6) is 0 Å². The van der Waals surface area contributed by atoms with Crippen LogP contribution in [0.2, 0.25) is 0 Å². The highest BCUT2D eigenvalue weighted by Crippen LogP contribution is 2.35. The number of hydrogen-bond donors (Lipinski definition) is 0. The van der Waals surface area contributed by atoms with E-state index in [0.29, 0.717) is 0 Å². The van der Waals surface area contributed by atoms with Crippen molar-refractivity contribution in [1.29, 1.82) is 0 Å². The quantitative estimate of drug-likeness (QED) is 0.570. The van der Waals surface area contributed by atoms with Crippen LogP contribution in [0.3, 0.4) is 0 Å². The Labute approximate surface area is 120 Å². The molecule has 2 rings (SSSR count). The lowest BCUT2D eigenvalue weighted by atomic mass is 10.4. The molecule has 0 saturated carbocycles. The summed E-state index contributed by atoms with van der Waals surface area (Å²) in [6.07, 6.45) is 1.86. The second-order valence-corrected chi connectivity index (χ2v) is 7.62. The van der Waals surface area contributed by atoms with E-state index in [1.54, 1.807) is 0 Å². The van der Waals surface area contributed by atoms with Crippen LogP contribution in [-0.2, 0) is 0 Å². The fourth-order valence-corrected chi connectivity index (χ4v) is 4.77. The normalized spacial score (nSPS) is 11.1.